The fourth-order valence-corrected chi connectivity index (χ4v) is 1.90. The van der Waals surface area contributed by atoms with Crippen LogP contribution in [0, 0.1) is 0 Å². The van der Waals surface area contributed by atoms with E-state index >= 15 is 0 Å². The first kappa shape index (κ1) is 11.9. The Hall–Kier alpha value is -0.220. The van der Waals surface area contributed by atoms with Crippen LogP contribution < -0.4 is 10.6 Å². The Morgan fingerprint density at radius 1 is 1.43 bits per heavy atom. The summed E-state index contributed by atoms with van der Waals surface area (Å²) in [6, 6.07) is 0.445. The van der Waals surface area contributed by atoms with E-state index in [0.29, 0.717) is 6.04 Å². The zero-order chi connectivity index (χ0) is 10.8. The number of rotatable bonds is 3. The minimum absolute atomic E-state index is 0.0832. The molecule has 1 heterocycles. The Morgan fingerprint density at radius 2 is 2.00 bits per heavy atom. The van der Waals surface area contributed by atoms with Gasteiger partial charge in [0.1, 0.15) is 0 Å². The third kappa shape index (κ3) is 3.88. The number of hydrogen-bond acceptors (Lipinski definition) is 3. The highest BCUT2D eigenvalue weighted by Gasteiger charge is 2.24. The van der Waals surface area contributed by atoms with Gasteiger partial charge in [0.2, 0.25) is 5.91 Å². The van der Waals surface area contributed by atoms with E-state index in [-0.39, 0.29) is 17.5 Å². The highest BCUT2D eigenvalue weighted by molar-refractivity contribution is 8.00. The van der Waals surface area contributed by atoms with E-state index in [2.05, 4.69) is 10.6 Å². The lowest BCUT2D eigenvalue weighted by molar-refractivity contribution is -0.124. The quantitative estimate of drug-likeness (QED) is 0.739. The van der Waals surface area contributed by atoms with Gasteiger partial charge in [-0.15, -0.1) is 0 Å². The van der Waals surface area contributed by atoms with Crippen molar-refractivity contribution in [2.75, 3.05) is 11.5 Å². The molecule has 0 radical (unpaired) electrons. The molecule has 0 spiro atoms. The van der Waals surface area contributed by atoms with Crippen molar-refractivity contribution in [1.29, 1.82) is 0 Å². The van der Waals surface area contributed by atoms with Crippen LogP contribution in [0.25, 0.3) is 0 Å². The van der Waals surface area contributed by atoms with Crippen molar-refractivity contribution in [3.8, 4) is 0 Å². The SMILES string of the molecule is CC(NC1CSC1)C(=O)NC(C)(C)C. The van der Waals surface area contributed by atoms with Crippen LogP contribution in [-0.2, 0) is 4.79 Å². The van der Waals surface area contributed by atoms with E-state index in [1.165, 1.54) is 0 Å². The van der Waals surface area contributed by atoms with Crippen molar-refractivity contribution in [2.24, 2.45) is 0 Å². The average Bonchev–Trinajstić information content (AvgIpc) is 1.92. The Morgan fingerprint density at radius 3 is 2.36 bits per heavy atom. The van der Waals surface area contributed by atoms with Crippen LogP contribution in [0.15, 0.2) is 0 Å². The van der Waals surface area contributed by atoms with Gasteiger partial charge in [-0.2, -0.15) is 11.8 Å². The summed E-state index contributed by atoms with van der Waals surface area (Å²) in [5.74, 6) is 2.36. The van der Waals surface area contributed by atoms with E-state index in [0.717, 1.165) is 11.5 Å². The molecule has 1 unspecified atom stereocenters. The van der Waals surface area contributed by atoms with Crippen LogP contribution >= 0.6 is 11.8 Å². The highest BCUT2D eigenvalue weighted by Crippen LogP contribution is 2.17. The first-order chi connectivity index (χ1) is 6.38. The third-order valence-corrected chi connectivity index (χ3v) is 3.29. The van der Waals surface area contributed by atoms with Gasteiger partial charge in [0.15, 0.2) is 0 Å². The summed E-state index contributed by atoms with van der Waals surface area (Å²) < 4.78 is 0. The van der Waals surface area contributed by atoms with Gasteiger partial charge >= 0.3 is 0 Å². The second-order valence-electron chi connectivity index (χ2n) is 4.86. The molecule has 1 rings (SSSR count). The molecular weight excluding hydrogens is 196 g/mol. The molecule has 0 aromatic heterocycles. The van der Waals surface area contributed by atoms with Gasteiger partial charge < -0.3 is 10.6 Å². The molecule has 3 nitrogen and oxygen atoms in total. The zero-order valence-electron chi connectivity index (χ0n) is 9.39. The van der Waals surface area contributed by atoms with Crippen molar-refractivity contribution < 1.29 is 4.79 Å². The van der Waals surface area contributed by atoms with E-state index < -0.39 is 0 Å². The predicted octanol–water partition coefficient (Wildman–Crippen LogP) is 0.995. The first-order valence-corrected chi connectivity index (χ1v) is 6.20. The van der Waals surface area contributed by atoms with Crippen LogP contribution in [0.5, 0.6) is 0 Å². The van der Waals surface area contributed by atoms with Gasteiger partial charge in [-0.25, -0.2) is 0 Å². The lowest BCUT2D eigenvalue weighted by Crippen LogP contribution is -2.54. The van der Waals surface area contributed by atoms with Crippen molar-refractivity contribution in [1.82, 2.24) is 10.6 Å². The Balaban J connectivity index is 2.28. The molecule has 1 aliphatic heterocycles. The molecule has 2 N–H and O–H groups in total. The van der Waals surface area contributed by atoms with Crippen LogP contribution in [0.2, 0.25) is 0 Å². The monoisotopic (exact) mass is 216 g/mol. The smallest absolute Gasteiger partial charge is 0.237 e. The molecule has 1 fully saturated rings. The summed E-state index contributed by atoms with van der Waals surface area (Å²) in [5.41, 5.74) is -0.138. The van der Waals surface area contributed by atoms with Crippen LogP contribution in [0.1, 0.15) is 27.7 Å². The predicted molar refractivity (Wildman–Crippen MR) is 61.6 cm³/mol. The van der Waals surface area contributed by atoms with Gasteiger partial charge in [-0.1, -0.05) is 0 Å². The lowest BCUT2D eigenvalue weighted by Gasteiger charge is -2.30. The van der Waals surface area contributed by atoms with Gasteiger partial charge in [-0.3, -0.25) is 4.79 Å². The summed E-state index contributed by atoms with van der Waals surface area (Å²) in [6.07, 6.45) is 0. The number of nitrogens with one attached hydrogen (secondary N) is 2. The van der Waals surface area contributed by atoms with Crippen LogP contribution in [-0.4, -0.2) is 35.0 Å². The molecule has 14 heavy (non-hydrogen) atoms. The van der Waals surface area contributed by atoms with Crippen molar-refractivity contribution >= 4 is 17.7 Å². The molecule has 0 saturated carbocycles. The van der Waals surface area contributed by atoms with Gasteiger partial charge in [0.25, 0.3) is 0 Å². The topological polar surface area (TPSA) is 41.1 Å². The minimum atomic E-state index is -0.138. The maximum atomic E-state index is 11.7. The lowest BCUT2D eigenvalue weighted by atomic mass is 10.1. The Labute approximate surface area is 90.4 Å². The molecule has 4 heteroatoms. The molecule has 0 aromatic carbocycles. The summed E-state index contributed by atoms with van der Waals surface area (Å²) in [7, 11) is 0. The van der Waals surface area contributed by atoms with Crippen LogP contribution in [0.3, 0.4) is 0 Å². The highest BCUT2D eigenvalue weighted by atomic mass is 32.2. The van der Waals surface area contributed by atoms with E-state index in [4.69, 9.17) is 0 Å². The molecule has 1 atom stereocenters. The number of carbonyl (C=O) groups excluding carboxylic acids is 1. The average molecular weight is 216 g/mol. The van der Waals surface area contributed by atoms with E-state index in [9.17, 15) is 4.79 Å². The number of hydrogen-bond donors (Lipinski definition) is 2. The summed E-state index contributed by atoms with van der Waals surface area (Å²) >= 11 is 1.92. The zero-order valence-corrected chi connectivity index (χ0v) is 10.2. The molecule has 82 valence electrons. The molecule has 1 amide bonds. The van der Waals surface area contributed by atoms with Gasteiger partial charge in [-0.05, 0) is 27.7 Å². The molecule has 0 aromatic rings. The van der Waals surface area contributed by atoms with Crippen molar-refractivity contribution in [3.63, 3.8) is 0 Å². The molecular formula is C10H20N2OS. The number of carbonyl (C=O) groups is 1. The molecule has 1 aliphatic rings. The van der Waals surface area contributed by atoms with E-state index in [1.807, 2.05) is 39.5 Å². The maximum absolute atomic E-state index is 11.7. The van der Waals surface area contributed by atoms with Crippen molar-refractivity contribution in [2.45, 2.75) is 45.3 Å². The fourth-order valence-electron chi connectivity index (χ4n) is 1.24. The molecule has 0 bridgehead atoms. The normalized spacial score (nSPS) is 20.0. The summed E-state index contributed by atoms with van der Waals surface area (Å²) in [6.45, 7) is 7.91. The molecule has 1 saturated heterocycles. The minimum Gasteiger partial charge on any atom is -0.350 e. The third-order valence-electron chi connectivity index (χ3n) is 2.02. The number of amides is 1. The Kier molecular flexibility index (Phi) is 3.84. The second kappa shape index (κ2) is 4.53. The fraction of sp³-hybridized carbons (Fsp3) is 0.900. The number of thioether (sulfide) groups is 1. The van der Waals surface area contributed by atoms with Crippen molar-refractivity contribution in [3.05, 3.63) is 0 Å². The first-order valence-electron chi connectivity index (χ1n) is 5.04. The molecule has 0 aliphatic carbocycles. The van der Waals surface area contributed by atoms with Gasteiger partial charge in [0.05, 0.1) is 6.04 Å². The summed E-state index contributed by atoms with van der Waals surface area (Å²) in [4.78, 5) is 11.7. The van der Waals surface area contributed by atoms with Gasteiger partial charge in [0, 0.05) is 23.1 Å². The summed E-state index contributed by atoms with van der Waals surface area (Å²) in [5, 5.41) is 6.27. The standard InChI is InChI=1S/C10H20N2OS/c1-7(11-8-5-14-6-8)9(13)12-10(2,3)4/h7-8,11H,5-6H2,1-4H3,(H,12,13). The van der Waals surface area contributed by atoms with Crippen LogP contribution in [0.4, 0.5) is 0 Å². The maximum Gasteiger partial charge on any atom is 0.237 e. The largest absolute Gasteiger partial charge is 0.350 e. The van der Waals surface area contributed by atoms with E-state index in [1.54, 1.807) is 0 Å². The second-order valence-corrected chi connectivity index (χ2v) is 5.94. The Bertz CT molecular complexity index is 209.